The number of hydrogen-bond acceptors (Lipinski definition) is 5. The highest BCUT2D eigenvalue weighted by molar-refractivity contribution is 5.70. The van der Waals surface area contributed by atoms with Crippen LogP contribution in [-0.2, 0) is 22.1 Å². The topological polar surface area (TPSA) is 67.8 Å². The van der Waals surface area contributed by atoms with Crippen molar-refractivity contribution >= 4 is 5.97 Å². The molecule has 0 saturated carbocycles. The van der Waals surface area contributed by atoms with E-state index in [-0.39, 0.29) is 24.8 Å². The van der Waals surface area contributed by atoms with Crippen LogP contribution in [0.1, 0.15) is 35.3 Å². The van der Waals surface area contributed by atoms with Crippen molar-refractivity contribution in [1.82, 2.24) is 5.32 Å². The van der Waals surface area contributed by atoms with Crippen LogP contribution in [0.4, 0.5) is 13.2 Å². The lowest BCUT2D eigenvalue weighted by atomic mass is 10.0. The molecule has 0 spiro atoms. The van der Waals surface area contributed by atoms with Crippen molar-refractivity contribution in [2.45, 2.75) is 38.6 Å². The summed E-state index contributed by atoms with van der Waals surface area (Å²) in [6, 6.07) is 10.3. The van der Waals surface area contributed by atoms with Gasteiger partial charge in [0.05, 0.1) is 18.8 Å². The Labute approximate surface area is 173 Å². The molecule has 2 unspecified atom stereocenters. The molecule has 5 nitrogen and oxygen atoms in total. The summed E-state index contributed by atoms with van der Waals surface area (Å²) in [4.78, 5) is 11.2. The van der Waals surface area contributed by atoms with Gasteiger partial charge < -0.3 is 19.9 Å². The highest BCUT2D eigenvalue weighted by atomic mass is 19.4. The number of benzene rings is 2. The zero-order valence-electron chi connectivity index (χ0n) is 17.1. The van der Waals surface area contributed by atoms with Crippen LogP contribution in [0, 0.1) is 6.92 Å². The zero-order valence-corrected chi connectivity index (χ0v) is 17.1. The predicted molar refractivity (Wildman–Crippen MR) is 106 cm³/mol. The maximum absolute atomic E-state index is 12.8. The molecule has 2 N–H and O–H groups in total. The van der Waals surface area contributed by atoms with Crippen LogP contribution >= 0.6 is 0 Å². The highest BCUT2D eigenvalue weighted by Gasteiger charge is 2.30. The third kappa shape index (κ3) is 7.03. The van der Waals surface area contributed by atoms with Crippen molar-refractivity contribution in [2.75, 3.05) is 20.3 Å². The molecule has 2 aromatic rings. The lowest BCUT2D eigenvalue weighted by Crippen LogP contribution is -2.32. The number of esters is 1. The number of carbonyl (C=O) groups excluding carboxylic acids is 1. The number of hydrogen-bond donors (Lipinski definition) is 2. The van der Waals surface area contributed by atoms with Crippen molar-refractivity contribution in [3.63, 3.8) is 0 Å². The molecule has 0 saturated heterocycles. The van der Waals surface area contributed by atoms with Crippen LogP contribution in [0.2, 0.25) is 0 Å². The maximum atomic E-state index is 12.8. The molecule has 164 valence electrons. The van der Waals surface area contributed by atoms with Gasteiger partial charge in [-0.05, 0) is 55.2 Å². The van der Waals surface area contributed by atoms with Crippen LogP contribution in [0.5, 0.6) is 5.75 Å². The fourth-order valence-corrected chi connectivity index (χ4v) is 2.97. The Hall–Kier alpha value is -2.58. The normalized spacial score (nSPS) is 13.6. The second-order valence-electron chi connectivity index (χ2n) is 7.12. The van der Waals surface area contributed by atoms with E-state index in [1.165, 1.54) is 19.2 Å². The maximum Gasteiger partial charge on any atom is 0.416 e. The molecule has 0 aromatic heterocycles. The molecular weight excluding hydrogens is 399 g/mol. The van der Waals surface area contributed by atoms with Gasteiger partial charge in [-0.2, -0.15) is 13.2 Å². The first-order valence-electron chi connectivity index (χ1n) is 9.48. The predicted octanol–water partition coefficient (Wildman–Crippen LogP) is 3.82. The van der Waals surface area contributed by atoms with E-state index in [9.17, 15) is 23.1 Å². The third-order valence-corrected chi connectivity index (χ3v) is 4.61. The number of methoxy groups -OCH3 is 1. The number of carbonyl (C=O) groups is 1. The molecule has 0 fully saturated rings. The Morgan fingerprint density at radius 2 is 1.93 bits per heavy atom. The van der Waals surface area contributed by atoms with Crippen molar-refractivity contribution in [1.29, 1.82) is 0 Å². The van der Waals surface area contributed by atoms with E-state index in [1.54, 1.807) is 6.07 Å². The molecule has 0 radical (unpaired) electrons. The number of alkyl halides is 3. The number of aliphatic hydroxyl groups is 1. The molecule has 0 bridgehead atoms. The summed E-state index contributed by atoms with van der Waals surface area (Å²) in [7, 11) is 1.29. The third-order valence-electron chi connectivity index (χ3n) is 4.61. The Morgan fingerprint density at radius 3 is 2.57 bits per heavy atom. The van der Waals surface area contributed by atoms with Gasteiger partial charge in [0.25, 0.3) is 0 Å². The minimum Gasteiger partial charge on any atom is -0.482 e. The number of halogens is 3. The van der Waals surface area contributed by atoms with Crippen molar-refractivity contribution in [2.24, 2.45) is 0 Å². The summed E-state index contributed by atoms with van der Waals surface area (Å²) in [5, 5.41) is 13.4. The van der Waals surface area contributed by atoms with E-state index in [4.69, 9.17) is 4.74 Å². The van der Waals surface area contributed by atoms with Gasteiger partial charge in [-0.1, -0.05) is 24.3 Å². The second kappa shape index (κ2) is 10.4. The number of nitrogens with one attached hydrogen (secondary N) is 1. The molecule has 0 amide bonds. The minimum absolute atomic E-state index is 0.0216. The molecule has 30 heavy (non-hydrogen) atoms. The lowest BCUT2D eigenvalue weighted by molar-refractivity contribution is -0.143. The lowest BCUT2D eigenvalue weighted by Gasteiger charge is -2.19. The van der Waals surface area contributed by atoms with E-state index < -0.39 is 23.8 Å². The number of aryl methyl sites for hydroxylation is 1. The first kappa shape index (κ1) is 23.7. The first-order valence-corrected chi connectivity index (χ1v) is 9.48. The summed E-state index contributed by atoms with van der Waals surface area (Å²) in [5.41, 5.74) is 1.32. The van der Waals surface area contributed by atoms with Crippen LogP contribution in [0.15, 0.2) is 42.5 Å². The molecule has 8 heteroatoms. The SMILES string of the molecule is COC(=O)COc1ccc(CC(C)NCC(O)c2cccc(C(F)(F)F)c2)cc1C. The fourth-order valence-electron chi connectivity index (χ4n) is 2.97. The molecule has 2 atom stereocenters. The molecule has 2 rings (SSSR count). The van der Waals surface area contributed by atoms with Crippen molar-refractivity contribution in [3.8, 4) is 5.75 Å². The van der Waals surface area contributed by atoms with Gasteiger partial charge in [0.1, 0.15) is 5.75 Å². The molecule has 0 aliphatic carbocycles. The average molecular weight is 425 g/mol. The van der Waals surface area contributed by atoms with Gasteiger partial charge in [-0.3, -0.25) is 0 Å². The van der Waals surface area contributed by atoms with Crippen molar-refractivity contribution in [3.05, 3.63) is 64.7 Å². The molecule has 0 aliphatic rings. The quantitative estimate of drug-likeness (QED) is 0.598. The van der Waals surface area contributed by atoms with E-state index in [0.717, 1.165) is 23.3 Å². The Morgan fingerprint density at radius 1 is 1.20 bits per heavy atom. The van der Waals surface area contributed by atoms with Crippen LogP contribution in [-0.4, -0.2) is 37.4 Å². The Balaban J connectivity index is 1.89. The monoisotopic (exact) mass is 425 g/mol. The number of ether oxygens (including phenoxy) is 2. The second-order valence-corrected chi connectivity index (χ2v) is 7.12. The summed E-state index contributed by atoms with van der Waals surface area (Å²) >= 11 is 0. The fraction of sp³-hybridized carbons (Fsp3) is 0.409. The standard InChI is InChI=1S/C22H26F3NO4/c1-14-9-16(7-8-20(14)30-13-21(28)29-3)10-15(2)26-12-19(27)17-5-4-6-18(11-17)22(23,24)25/h4-9,11,15,19,26-27H,10,12-13H2,1-3H3. The highest BCUT2D eigenvalue weighted by Crippen LogP contribution is 2.30. The van der Waals surface area contributed by atoms with Gasteiger partial charge in [0, 0.05) is 12.6 Å². The van der Waals surface area contributed by atoms with Gasteiger partial charge in [-0.15, -0.1) is 0 Å². The van der Waals surface area contributed by atoms with E-state index >= 15 is 0 Å². The van der Waals surface area contributed by atoms with Gasteiger partial charge in [0.2, 0.25) is 0 Å². The van der Waals surface area contributed by atoms with Crippen LogP contribution in [0.3, 0.4) is 0 Å². The molecule has 2 aromatic carbocycles. The smallest absolute Gasteiger partial charge is 0.416 e. The zero-order chi connectivity index (χ0) is 22.3. The molecule has 0 heterocycles. The average Bonchev–Trinajstić information content (AvgIpc) is 2.70. The molecule has 0 aliphatic heterocycles. The summed E-state index contributed by atoms with van der Waals surface area (Å²) in [6.07, 6.45) is -4.85. The number of rotatable bonds is 9. The Bertz CT molecular complexity index is 855. The van der Waals surface area contributed by atoms with E-state index in [0.29, 0.717) is 12.2 Å². The van der Waals surface area contributed by atoms with Gasteiger partial charge in [-0.25, -0.2) is 4.79 Å². The summed E-state index contributed by atoms with van der Waals surface area (Å²) in [5.74, 6) is 0.125. The summed E-state index contributed by atoms with van der Waals surface area (Å²) in [6.45, 7) is 3.76. The van der Waals surface area contributed by atoms with E-state index in [2.05, 4.69) is 10.1 Å². The minimum atomic E-state index is -4.44. The number of aliphatic hydroxyl groups excluding tert-OH is 1. The van der Waals surface area contributed by atoms with Gasteiger partial charge in [0.15, 0.2) is 6.61 Å². The Kier molecular flexibility index (Phi) is 8.25. The van der Waals surface area contributed by atoms with E-state index in [1.807, 2.05) is 26.0 Å². The molecular formula is C22H26F3NO4. The van der Waals surface area contributed by atoms with Crippen LogP contribution < -0.4 is 10.1 Å². The largest absolute Gasteiger partial charge is 0.482 e. The van der Waals surface area contributed by atoms with Crippen LogP contribution in [0.25, 0.3) is 0 Å². The van der Waals surface area contributed by atoms with Gasteiger partial charge >= 0.3 is 12.1 Å². The summed E-state index contributed by atoms with van der Waals surface area (Å²) < 4.78 is 48.4. The first-order chi connectivity index (χ1) is 14.1. The van der Waals surface area contributed by atoms with Crippen molar-refractivity contribution < 1.29 is 32.5 Å².